The SMILES string of the molecule is Cc1ccc(N)cc1F.NS(=O)(=O)c1ccc2c(c1)C1CCNCC1O2. The molecule has 2 aromatic carbocycles. The van der Waals surface area contributed by atoms with Crippen molar-refractivity contribution >= 4 is 15.7 Å². The maximum Gasteiger partial charge on any atom is 0.238 e. The van der Waals surface area contributed by atoms with Gasteiger partial charge in [0.15, 0.2) is 0 Å². The number of ether oxygens (including phenoxy) is 1. The number of rotatable bonds is 1. The Morgan fingerprint density at radius 1 is 1.23 bits per heavy atom. The van der Waals surface area contributed by atoms with Gasteiger partial charge in [0.2, 0.25) is 10.0 Å². The van der Waals surface area contributed by atoms with Crippen molar-refractivity contribution in [3.8, 4) is 5.75 Å². The fourth-order valence-electron chi connectivity index (χ4n) is 3.18. The van der Waals surface area contributed by atoms with Crippen LogP contribution in [0.1, 0.15) is 23.5 Å². The summed E-state index contributed by atoms with van der Waals surface area (Å²) in [4.78, 5) is 0.166. The molecule has 0 radical (unpaired) electrons. The van der Waals surface area contributed by atoms with Gasteiger partial charge in [-0.15, -0.1) is 0 Å². The summed E-state index contributed by atoms with van der Waals surface area (Å²) in [5.41, 5.74) is 7.36. The second kappa shape index (κ2) is 7.22. The first-order valence-corrected chi connectivity index (χ1v) is 9.86. The molecule has 2 unspecified atom stereocenters. The molecule has 2 aliphatic rings. The normalized spacial score (nSPS) is 21.0. The summed E-state index contributed by atoms with van der Waals surface area (Å²) in [5.74, 6) is 0.832. The molecule has 0 amide bonds. The average Bonchev–Trinajstić information content (AvgIpc) is 2.96. The van der Waals surface area contributed by atoms with Crippen molar-refractivity contribution in [2.45, 2.75) is 30.3 Å². The van der Waals surface area contributed by atoms with Gasteiger partial charge in [-0.2, -0.15) is 0 Å². The van der Waals surface area contributed by atoms with Crippen LogP contribution >= 0.6 is 0 Å². The van der Waals surface area contributed by atoms with E-state index in [2.05, 4.69) is 5.32 Å². The van der Waals surface area contributed by atoms with Crippen molar-refractivity contribution < 1.29 is 17.5 Å². The Bertz CT molecular complexity index is 918. The molecule has 0 saturated carbocycles. The lowest BCUT2D eigenvalue weighted by Crippen LogP contribution is -2.39. The zero-order valence-corrected chi connectivity index (χ0v) is 15.2. The van der Waals surface area contributed by atoms with Crippen molar-refractivity contribution in [2.24, 2.45) is 5.14 Å². The molecule has 2 heterocycles. The fraction of sp³-hybridized carbons (Fsp3) is 0.333. The minimum Gasteiger partial charge on any atom is -0.488 e. The third-order valence-corrected chi connectivity index (χ3v) is 5.52. The highest BCUT2D eigenvalue weighted by molar-refractivity contribution is 7.89. The van der Waals surface area contributed by atoms with E-state index in [1.807, 2.05) is 0 Å². The van der Waals surface area contributed by atoms with E-state index in [1.165, 1.54) is 12.1 Å². The highest BCUT2D eigenvalue weighted by Crippen LogP contribution is 2.41. The van der Waals surface area contributed by atoms with Crippen molar-refractivity contribution in [2.75, 3.05) is 18.8 Å². The minimum atomic E-state index is -3.63. The van der Waals surface area contributed by atoms with Gasteiger partial charge in [-0.1, -0.05) is 6.07 Å². The number of hydrogen-bond acceptors (Lipinski definition) is 5. The monoisotopic (exact) mass is 379 g/mol. The summed E-state index contributed by atoms with van der Waals surface area (Å²) in [6, 6.07) is 9.51. The third kappa shape index (κ3) is 3.98. The van der Waals surface area contributed by atoms with Gasteiger partial charge in [-0.3, -0.25) is 0 Å². The lowest BCUT2D eigenvalue weighted by Gasteiger charge is -2.24. The number of fused-ring (bicyclic) bond motifs is 3. The molecule has 1 fully saturated rings. The van der Waals surface area contributed by atoms with E-state index in [-0.39, 0.29) is 22.7 Å². The zero-order chi connectivity index (χ0) is 18.9. The fourth-order valence-corrected chi connectivity index (χ4v) is 3.73. The largest absolute Gasteiger partial charge is 0.488 e. The van der Waals surface area contributed by atoms with Crippen LogP contribution in [0.3, 0.4) is 0 Å². The predicted molar refractivity (Wildman–Crippen MR) is 98.0 cm³/mol. The summed E-state index contributed by atoms with van der Waals surface area (Å²) in [6.45, 7) is 3.45. The molecule has 8 heteroatoms. The predicted octanol–water partition coefficient (Wildman–Crippen LogP) is 1.89. The summed E-state index contributed by atoms with van der Waals surface area (Å²) < 4.78 is 40.9. The van der Waals surface area contributed by atoms with E-state index in [1.54, 1.807) is 31.2 Å². The van der Waals surface area contributed by atoms with Crippen molar-refractivity contribution in [1.82, 2.24) is 5.32 Å². The second-order valence-corrected chi connectivity index (χ2v) is 8.07. The van der Waals surface area contributed by atoms with E-state index >= 15 is 0 Å². The van der Waals surface area contributed by atoms with Crippen LogP contribution in [0.15, 0.2) is 41.3 Å². The van der Waals surface area contributed by atoms with Crippen LogP contribution in [0, 0.1) is 12.7 Å². The maximum atomic E-state index is 12.5. The molecule has 26 heavy (non-hydrogen) atoms. The maximum absolute atomic E-state index is 12.5. The van der Waals surface area contributed by atoms with Gasteiger partial charge in [0, 0.05) is 23.7 Å². The van der Waals surface area contributed by atoms with Gasteiger partial charge in [0.05, 0.1) is 4.90 Å². The molecule has 0 aliphatic carbocycles. The van der Waals surface area contributed by atoms with Crippen LogP contribution in [-0.2, 0) is 10.0 Å². The van der Waals surface area contributed by atoms with Gasteiger partial charge in [0.25, 0.3) is 0 Å². The standard InChI is InChI=1S/C11H14N2O3S.C7H8FN/c12-17(14,15)7-1-2-10-9(5-7)8-3-4-13-6-11(8)16-10;1-5-2-3-6(9)4-7(5)8/h1-2,5,8,11,13H,3-4,6H2,(H2,12,14,15);2-4H,9H2,1H3. The number of hydrogen-bond donors (Lipinski definition) is 3. The van der Waals surface area contributed by atoms with Gasteiger partial charge in [0.1, 0.15) is 17.7 Å². The highest BCUT2D eigenvalue weighted by Gasteiger charge is 2.36. The zero-order valence-electron chi connectivity index (χ0n) is 14.4. The summed E-state index contributed by atoms with van der Waals surface area (Å²) in [6.07, 6.45) is 1.08. The molecule has 140 valence electrons. The molecular formula is C18H22FN3O3S. The Morgan fingerprint density at radius 2 is 2.00 bits per heavy atom. The average molecular weight is 379 g/mol. The third-order valence-electron chi connectivity index (χ3n) is 4.61. The van der Waals surface area contributed by atoms with Gasteiger partial charge >= 0.3 is 0 Å². The van der Waals surface area contributed by atoms with Crippen molar-refractivity contribution in [1.29, 1.82) is 0 Å². The van der Waals surface area contributed by atoms with E-state index in [0.717, 1.165) is 30.8 Å². The molecule has 0 bridgehead atoms. The van der Waals surface area contributed by atoms with Gasteiger partial charge in [-0.05, 0) is 55.8 Å². The number of nitrogen functional groups attached to an aromatic ring is 1. The van der Waals surface area contributed by atoms with Gasteiger partial charge in [-0.25, -0.2) is 17.9 Å². The minimum absolute atomic E-state index is 0.120. The number of benzene rings is 2. The second-order valence-electron chi connectivity index (χ2n) is 6.51. The molecule has 4 rings (SSSR count). The number of anilines is 1. The molecule has 1 saturated heterocycles. The van der Waals surface area contributed by atoms with Crippen LogP contribution < -0.4 is 20.9 Å². The Hall–Kier alpha value is -2.16. The highest BCUT2D eigenvalue weighted by atomic mass is 32.2. The van der Waals surface area contributed by atoms with Crippen molar-refractivity contribution in [3.05, 3.63) is 53.3 Å². The van der Waals surface area contributed by atoms with Crippen LogP contribution in [0.25, 0.3) is 0 Å². The number of nitrogens with two attached hydrogens (primary N) is 2. The van der Waals surface area contributed by atoms with Crippen LogP contribution in [0.4, 0.5) is 10.1 Å². The van der Waals surface area contributed by atoms with E-state index in [4.69, 9.17) is 15.6 Å². The van der Waals surface area contributed by atoms with Crippen LogP contribution in [-0.4, -0.2) is 27.6 Å². The first-order valence-electron chi connectivity index (χ1n) is 8.31. The smallest absolute Gasteiger partial charge is 0.238 e. The van der Waals surface area contributed by atoms with Crippen LogP contribution in [0.2, 0.25) is 0 Å². The number of piperidine rings is 1. The summed E-state index contributed by atoms with van der Waals surface area (Å²) >= 11 is 0. The molecule has 2 aromatic rings. The molecule has 2 atom stereocenters. The quantitative estimate of drug-likeness (QED) is 0.656. The first kappa shape index (κ1) is 18.6. The number of primary sulfonamides is 1. The Morgan fingerprint density at radius 3 is 2.65 bits per heavy atom. The molecule has 6 nitrogen and oxygen atoms in total. The van der Waals surface area contributed by atoms with Crippen molar-refractivity contribution in [3.63, 3.8) is 0 Å². The topological polar surface area (TPSA) is 107 Å². The lowest BCUT2D eigenvalue weighted by atomic mass is 9.90. The molecule has 2 aliphatic heterocycles. The number of halogens is 1. The number of sulfonamides is 1. The van der Waals surface area contributed by atoms with E-state index in [9.17, 15) is 12.8 Å². The number of aryl methyl sites for hydroxylation is 1. The molecule has 0 aromatic heterocycles. The van der Waals surface area contributed by atoms with Crippen LogP contribution in [0.5, 0.6) is 5.75 Å². The first-order chi connectivity index (χ1) is 12.3. The number of nitrogens with one attached hydrogen (secondary N) is 1. The lowest BCUT2D eigenvalue weighted by molar-refractivity contribution is 0.177. The van der Waals surface area contributed by atoms with E-state index < -0.39 is 10.0 Å². The molecular weight excluding hydrogens is 357 g/mol. The molecule has 5 N–H and O–H groups in total. The Labute approximate surface area is 152 Å². The van der Waals surface area contributed by atoms with E-state index in [0.29, 0.717) is 11.3 Å². The Kier molecular flexibility index (Phi) is 5.17. The summed E-state index contributed by atoms with van der Waals surface area (Å²) in [5, 5.41) is 8.41. The summed E-state index contributed by atoms with van der Waals surface area (Å²) in [7, 11) is -3.63. The Balaban J connectivity index is 0.000000185. The van der Waals surface area contributed by atoms with Gasteiger partial charge < -0.3 is 15.8 Å². The molecule has 0 spiro atoms.